The zero-order valence-corrected chi connectivity index (χ0v) is 14.4. The van der Waals surface area contributed by atoms with Crippen LogP contribution in [-0.4, -0.2) is 23.5 Å². The fourth-order valence-electron chi connectivity index (χ4n) is 4.83. The molecule has 2 aromatic rings. The summed E-state index contributed by atoms with van der Waals surface area (Å²) >= 11 is 0. The molecule has 2 aliphatic rings. The van der Waals surface area contributed by atoms with Gasteiger partial charge in [0.1, 0.15) is 5.82 Å². The molecule has 2 aliphatic carbocycles. The van der Waals surface area contributed by atoms with Gasteiger partial charge in [-0.1, -0.05) is 6.42 Å². The quantitative estimate of drug-likeness (QED) is 0.798. The van der Waals surface area contributed by atoms with E-state index in [9.17, 15) is 9.18 Å². The molecule has 5 heteroatoms. The van der Waals surface area contributed by atoms with Gasteiger partial charge in [0.25, 0.3) is 0 Å². The van der Waals surface area contributed by atoms with E-state index in [-0.39, 0.29) is 17.6 Å². The standard InChI is InChI=1S/C20H26FN3O/c21-16-4-5-17-14(11-24-18(17)10-16)6-7-23-20(25)15-8-12-2-1-3-13(9-15)19(12)22/h4-5,10-13,15,19,24H,1-3,6-9,22H2,(H,23,25). The Bertz CT molecular complexity index is 757. The molecule has 2 unspecified atom stereocenters. The maximum atomic E-state index is 13.2. The first-order valence-corrected chi connectivity index (χ1v) is 9.40. The molecule has 2 fully saturated rings. The molecule has 2 atom stereocenters. The lowest BCUT2D eigenvalue weighted by Crippen LogP contribution is -2.49. The number of halogens is 1. The molecule has 0 aliphatic heterocycles. The van der Waals surface area contributed by atoms with Crippen LogP contribution < -0.4 is 11.1 Å². The first kappa shape index (κ1) is 16.6. The number of H-pyrrole nitrogens is 1. The van der Waals surface area contributed by atoms with Gasteiger partial charge in [0.05, 0.1) is 0 Å². The highest BCUT2D eigenvalue weighted by Gasteiger charge is 2.40. The van der Waals surface area contributed by atoms with Gasteiger partial charge in [0, 0.05) is 35.6 Å². The Balaban J connectivity index is 1.33. The second-order valence-corrected chi connectivity index (χ2v) is 7.74. The lowest BCUT2D eigenvalue weighted by atomic mass is 9.65. The summed E-state index contributed by atoms with van der Waals surface area (Å²) in [5, 5.41) is 4.13. The topological polar surface area (TPSA) is 70.9 Å². The molecule has 2 bridgehead atoms. The number of nitrogens with two attached hydrogens (primary N) is 1. The van der Waals surface area contributed by atoms with E-state index in [1.807, 2.05) is 6.20 Å². The molecule has 0 radical (unpaired) electrons. The zero-order chi connectivity index (χ0) is 17.4. The Morgan fingerprint density at radius 3 is 2.80 bits per heavy atom. The SMILES string of the molecule is NC1C2CCCC1CC(C(=O)NCCc1c[nH]c3cc(F)ccc13)C2. The number of aromatic amines is 1. The number of benzene rings is 1. The number of rotatable bonds is 4. The lowest BCUT2D eigenvalue weighted by molar-refractivity contribution is -0.127. The van der Waals surface area contributed by atoms with E-state index in [1.165, 1.54) is 31.4 Å². The normalized spacial score (nSPS) is 28.9. The molecule has 4 nitrogen and oxygen atoms in total. The van der Waals surface area contributed by atoms with Crippen molar-refractivity contribution in [1.82, 2.24) is 10.3 Å². The van der Waals surface area contributed by atoms with Crippen LogP contribution in [0.3, 0.4) is 0 Å². The van der Waals surface area contributed by atoms with Crippen molar-refractivity contribution in [3.63, 3.8) is 0 Å². The van der Waals surface area contributed by atoms with Gasteiger partial charge >= 0.3 is 0 Å². The summed E-state index contributed by atoms with van der Waals surface area (Å²) in [4.78, 5) is 15.7. The summed E-state index contributed by atoms with van der Waals surface area (Å²) in [5.41, 5.74) is 8.22. The number of hydrogen-bond donors (Lipinski definition) is 3. The van der Waals surface area contributed by atoms with Gasteiger partial charge < -0.3 is 16.0 Å². The van der Waals surface area contributed by atoms with Gasteiger partial charge in [-0.05, 0) is 67.7 Å². The number of hydrogen-bond acceptors (Lipinski definition) is 2. The smallest absolute Gasteiger partial charge is 0.223 e. The average molecular weight is 343 g/mol. The van der Waals surface area contributed by atoms with E-state index in [4.69, 9.17) is 5.73 Å². The minimum Gasteiger partial charge on any atom is -0.361 e. The third-order valence-electron chi connectivity index (χ3n) is 6.21. The van der Waals surface area contributed by atoms with E-state index in [0.717, 1.165) is 35.7 Å². The van der Waals surface area contributed by atoms with Crippen LogP contribution in [0.15, 0.2) is 24.4 Å². The molecule has 1 heterocycles. The highest BCUT2D eigenvalue weighted by Crippen LogP contribution is 2.41. The summed E-state index contributed by atoms with van der Waals surface area (Å²) in [6.07, 6.45) is 8.14. The van der Waals surface area contributed by atoms with Crippen LogP contribution in [0.2, 0.25) is 0 Å². The molecule has 2 saturated carbocycles. The van der Waals surface area contributed by atoms with Crippen LogP contribution in [-0.2, 0) is 11.2 Å². The van der Waals surface area contributed by atoms with Gasteiger partial charge in [0.2, 0.25) is 5.91 Å². The molecule has 134 valence electrons. The highest BCUT2D eigenvalue weighted by molar-refractivity contribution is 5.83. The van der Waals surface area contributed by atoms with E-state index < -0.39 is 0 Å². The van der Waals surface area contributed by atoms with E-state index in [1.54, 1.807) is 6.07 Å². The van der Waals surface area contributed by atoms with Crippen molar-refractivity contribution in [2.24, 2.45) is 23.5 Å². The number of carbonyl (C=O) groups excluding carboxylic acids is 1. The van der Waals surface area contributed by atoms with Gasteiger partial charge in [-0.2, -0.15) is 0 Å². The van der Waals surface area contributed by atoms with Gasteiger partial charge in [-0.15, -0.1) is 0 Å². The molecular formula is C20H26FN3O. The van der Waals surface area contributed by atoms with E-state index in [0.29, 0.717) is 24.4 Å². The largest absolute Gasteiger partial charge is 0.361 e. The first-order chi connectivity index (χ1) is 12.1. The van der Waals surface area contributed by atoms with Crippen molar-refractivity contribution in [2.45, 2.75) is 44.6 Å². The van der Waals surface area contributed by atoms with Crippen LogP contribution in [0.5, 0.6) is 0 Å². The summed E-state index contributed by atoms with van der Waals surface area (Å²) < 4.78 is 13.2. The fourth-order valence-corrected chi connectivity index (χ4v) is 4.83. The maximum Gasteiger partial charge on any atom is 0.223 e. The predicted octanol–water partition coefficient (Wildman–Crippen LogP) is 3.12. The second kappa shape index (κ2) is 6.79. The molecule has 1 amide bonds. The van der Waals surface area contributed by atoms with Gasteiger partial charge in [0.15, 0.2) is 0 Å². The molecule has 0 spiro atoms. The summed E-state index contributed by atoms with van der Waals surface area (Å²) in [6.45, 7) is 0.612. The zero-order valence-electron chi connectivity index (χ0n) is 14.4. The second-order valence-electron chi connectivity index (χ2n) is 7.74. The van der Waals surface area contributed by atoms with Crippen LogP contribution in [0.25, 0.3) is 10.9 Å². The highest BCUT2D eigenvalue weighted by atomic mass is 19.1. The van der Waals surface area contributed by atoms with Crippen molar-refractivity contribution in [3.8, 4) is 0 Å². The van der Waals surface area contributed by atoms with E-state index in [2.05, 4.69) is 10.3 Å². The van der Waals surface area contributed by atoms with E-state index >= 15 is 0 Å². The Labute approximate surface area is 147 Å². The molecule has 4 N–H and O–H groups in total. The molecule has 1 aromatic heterocycles. The summed E-state index contributed by atoms with van der Waals surface area (Å²) in [5.74, 6) is 1.09. The average Bonchev–Trinajstić information content (AvgIpc) is 2.96. The maximum absolute atomic E-state index is 13.2. The third kappa shape index (κ3) is 3.30. The lowest BCUT2D eigenvalue weighted by Gasteiger charge is -2.43. The molecule has 4 rings (SSSR count). The minimum atomic E-state index is -0.241. The Morgan fingerprint density at radius 2 is 2.04 bits per heavy atom. The van der Waals surface area contributed by atoms with Crippen molar-refractivity contribution < 1.29 is 9.18 Å². The van der Waals surface area contributed by atoms with Crippen molar-refractivity contribution in [2.75, 3.05) is 6.54 Å². The Kier molecular flexibility index (Phi) is 4.50. The number of fused-ring (bicyclic) bond motifs is 3. The molecular weight excluding hydrogens is 317 g/mol. The van der Waals surface area contributed by atoms with Gasteiger partial charge in [-0.3, -0.25) is 4.79 Å². The fraction of sp³-hybridized carbons (Fsp3) is 0.550. The van der Waals surface area contributed by atoms with Crippen molar-refractivity contribution >= 4 is 16.8 Å². The van der Waals surface area contributed by atoms with Crippen LogP contribution in [0.4, 0.5) is 4.39 Å². The van der Waals surface area contributed by atoms with Crippen molar-refractivity contribution in [3.05, 3.63) is 35.8 Å². The Hall–Kier alpha value is -1.88. The predicted molar refractivity (Wildman–Crippen MR) is 96.5 cm³/mol. The number of nitrogens with one attached hydrogen (secondary N) is 2. The first-order valence-electron chi connectivity index (χ1n) is 9.40. The number of carbonyl (C=O) groups is 1. The summed E-state index contributed by atoms with van der Waals surface area (Å²) in [7, 11) is 0. The van der Waals surface area contributed by atoms with Crippen LogP contribution in [0, 0.1) is 23.6 Å². The van der Waals surface area contributed by atoms with Crippen molar-refractivity contribution in [1.29, 1.82) is 0 Å². The van der Waals surface area contributed by atoms with Gasteiger partial charge in [-0.25, -0.2) is 4.39 Å². The molecule has 0 saturated heterocycles. The summed E-state index contributed by atoms with van der Waals surface area (Å²) in [6, 6.07) is 5.07. The molecule has 1 aromatic carbocycles. The Morgan fingerprint density at radius 1 is 1.28 bits per heavy atom. The van der Waals surface area contributed by atoms with Crippen LogP contribution >= 0.6 is 0 Å². The number of aromatic nitrogens is 1. The monoisotopic (exact) mass is 343 g/mol. The number of amides is 1. The minimum absolute atomic E-state index is 0.118. The molecule has 25 heavy (non-hydrogen) atoms. The third-order valence-corrected chi connectivity index (χ3v) is 6.21. The van der Waals surface area contributed by atoms with Crippen LogP contribution in [0.1, 0.15) is 37.7 Å².